The standard InChI is InChI=1S/C20H28N6O5S/c1-22-12-16(32)11-17(22)18(27)24-7-9-25(10-8-24)19(21)23(2)20(28)31-13-14-3-5-15(6-4-14)26(29)30/h3-6,16-17,21,32H,7-13H2,1-2H3/t16-,17-/m0/s1. The van der Waals surface area contributed by atoms with Crippen molar-refractivity contribution in [2.45, 2.75) is 24.3 Å². The number of piperazine rings is 1. The molecule has 11 nitrogen and oxygen atoms in total. The molecule has 0 bridgehead atoms. The number of carbonyl (C=O) groups is 2. The summed E-state index contributed by atoms with van der Waals surface area (Å²) < 4.78 is 5.22. The molecule has 2 fully saturated rings. The molecule has 0 unspecified atom stereocenters. The van der Waals surface area contributed by atoms with Crippen LogP contribution in [0.25, 0.3) is 0 Å². The van der Waals surface area contributed by atoms with Crippen LogP contribution in [-0.2, 0) is 16.1 Å². The van der Waals surface area contributed by atoms with Gasteiger partial charge in [0.05, 0.1) is 11.0 Å². The summed E-state index contributed by atoms with van der Waals surface area (Å²) in [6.45, 7) is 2.59. The summed E-state index contributed by atoms with van der Waals surface area (Å²) in [5.74, 6) is 0.0882. The molecule has 2 heterocycles. The van der Waals surface area contributed by atoms with E-state index in [1.807, 2.05) is 16.8 Å². The summed E-state index contributed by atoms with van der Waals surface area (Å²) >= 11 is 4.48. The van der Waals surface area contributed by atoms with Crippen molar-refractivity contribution in [3.05, 3.63) is 39.9 Å². The Hall–Kier alpha value is -2.86. The Balaban J connectivity index is 1.46. The lowest BCUT2D eigenvalue weighted by Crippen LogP contribution is -2.56. The van der Waals surface area contributed by atoms with Gasteiger partial charge >= 0.3 is 6.09 Å². The molecule has 1 N–H and O–H groups in total. The maximum atomic E-state index is 12.8. The van der Waals surface area contributed by atoms with E-state index in [4.69, 9.17) is 10.1 Å². The Bertz CT molecular complexity index is 874. The number of hydrogen-bond donors (Lipinski definition) is 2. The van der Waals surface area contributed by atoms with Gasteiger partial charge in [0.15, 0.2) is 0 Å². The van der Waals surface area contributed by atoms with Crippen LogP contribution in [0.2, 0.25) is 0 Å². The van der Waals surface area contributed by atoms with E-state index in [-0.39, 0.29) is 35.5 Å². The number of thiol groups is 1. The van der Waals surface area contributed by atoms with Crippen LogP contribution in [-0.4, -0.2) is 101 Å². The maximum absolute atomic E-state index is 12.8. The number of nitrogens with zero attached hydrogens (tertiary/aromatic N) is 5. The van der Waals surface area contributed by atoms with Crippen molar-refractivity contribution in [1.82, 2.24) is 19.6 Å². The normalized spacial score (nSPS) is 21.3. The molecule has 3 rings (SSSR count). The van der Waals surface area contributed by atoms with Crippen LogP contribution >= 0.6 is 12.6 Å². The molecule has 0 saturated carbocycles. The molecular formula is C20H28N6O5S. The number of rotatable bonds is 4. The van der Waals surface area contributed by atoms with Crippen molar-refractivity contribution in [2.24, 2.45) is 0 Å². The van der Waals surface area contributed by atoms with E-state index in [0.29, 0.717) is 31.7 Å². The average Bonchev–Trinajstić information content (AvgIpc) is 3.14. The van der Waals surface area contributed by atoms with E-state index < -0.39 is 11.0 Å². The fourth-order valence-corrected chi connectivity index (χ4v) is 4.32. The molecule has 12 heteroatoms. The van der Waals surface area contributed by atoms with Gasteiger partial charge in [-0.2, -0.15) is 12.6 Å². The van der Waals surface area contributed by atoms with Crippen molar-refractivity contribution in [2.75, 3.05) is 46.8 Å². The Morgan fingerprint density at radius 3 is 2.34 bits per heavy atom. The van der Waals surface area contributed by atoms with Crippen molar-refractivity contribution < 1.29 is 19.2 Å². The molecule has 0 radical (unpaired) electrons. The van der Waals surface area contributed by atoms with Gasteiger partial charge in [-0.25, -0.2) is 4.79 Å². The van der Waals surface area contributed by atoms with Gasteiger partial charge in [0.1, 0.15) is 6.61 Å². The molecule has 2 atom stereocenters. The number of nitrogens with one attached hydrogen (secondary N) is 1. The zero-order valence-electron chi connectivity index (χ0n) is 18.1. The van der Waals surface area contributed by atoms with Crippen LogP contribution in [0.15, 0.2) is 24.3 Å². The third-order valence-corrected chi connectivity index (χ3v) is 6.18. The Morgan fingerprint density at radius 1 is 1.22 bits per heavy atom. The number of nitro benzene ring substituents is 1. The number of hydrogen-bond acceptors (Lipinski definition) is 8. The molecule has 0 aromatic heterocycles. The van der Waals surface area contributed by atoms with Crippen LogP contribution < -0.4 is 0 Å². The molecule has 2 aliphatic heterocycles. The SMILES string of the molecule is CN(C(=N)N1CCN(C(=O)[C@@H]2C[C@H](S)CN2C)CC1)C(=O)OCc1ccc([N+](=O)[O-])cc1. The van der Waals surface area contributed by atoms with Gasteiger partial charge in [-0.15, -0.1) is 0 Å². The number of ether oxygens (including phenoxy) is 1. The lowest BCUT2D eigenvalue weighted by atomic mass is 10.1. The third-order valence-electron chi connectivity index (χ3n) is 5.80. The van der Waals surface area contributed by atoms with Crippen LogP contribution in [0.1, 0.15) is 12.0 Å². The Labute approximate surface area is 191 Å². The first-order valence-corrected chi connectivity index (χ1v) is 10.8. The molecule has 2 amide bonds. The quantitative estimate of drug-likeness (QED) is 0.226. The van der Waals surface area contributed by atoms with Crippen molar-refractivity contribution in [1.29, 1.82) is 5.41 Å². The molecule has 1 aromatic rings. The number of amides is 2. The van der Waals surface area contributed by atoms with Gasteiger partial charge < -0.3 is 14.5 Å². The van der Waals surface area contributed by atoms with E-state index in [1.54, 1.807) is 4.90 Å². The summed E-state index contributed by atoms with van der Waals surface area (Å²) in [4.78, 5) is 42.0. The largest absolute Gasteiger partial charge is 0.444 e. The van der Waals surface area contributed by atoms with E-state index >= 15 is 0 Å². The van der Waals surface area contributed by atoms with Gasteiger partial charge in [-0.05, 0) is 31.2 Å². The molecule has 0 spiro atoms. The van der Waals surface area contributed by atoms with Gasteiger partial charge in [-0.1, -0.05) is 0 Å². The molecule has 2 aliphatic rings. The molecule has 32 heavy (non-hydrogen) atoms. The zero-order chi connectivity index (χ0) is 23.4. The first-order chi connectivity index (χ1) is 15.2. The first kappa shape index (κ1) is 23.8. The van der Waals surface area contributed by atoms with Crippen molar-refractivity contribution in [3.8, 4) is 0 Å². The van der Waals surface area contributed by atoms with Gasteiger partial charge in [-0.3, -0.25) is 30.1 Å². The summed E-state index contributed by atoms with van der Waals surface area (Å²) in [5, 5.41) is 19.2. The van der Waals surface area contributed by atoms with Gasteiger partial charge in [0.25, 0.3) is 5.69 Å². The van der Waals surface area contributed by atoms with Crippen molar-refractivity contribution in [3.63, 3.8) is 0 Å². The second kappa shape index (κ2) is 10.2. The highest BCUT2D eigenvalue weighted by Gasteiger charge is 2.36. The second-order valence-corrected chi connectivity index (χ2v) is 8.75. The summed E-state index contributed by atoms with van der Waals surface area (Å²) in [6.07, 6.45) is 0.0388. The molecular weight excluding hydrogens is 436 g/mol. The smallest absolute Gasteiger partial charge is 0.416 e. The van der Waals surface area contributed by atoms with Gasteiger partial charge in [0.2, 0.25) is 11.9 Å². The number of nitro groups is 1. The topological polar surface area (TPSA) is 123 Å². The fraction of sp³-hybridized carbons (Fsp3) is 0.550. The lowest BCUT2D eigenvalue weighted by molar-refractivity contribution is -0.384. The van der Waals surface area contributed by atoms with Crippen LogP contribution in [0.3, 0.4) is 0 Å². The average molecular weight is 465 g/mol. The van der Waals surface area contributed by atoms with Crippen molar-refractivity contribution >= 4 is 36.3 Å². The number of guanidine groups is 1. The minimum atomic E-state index is -0.695. The fourth-order valence-electron chi connectivity index (χ4n) is 3.86. The number of non-ortho nitro benzene ring substituents is 1. The second-order valence-electron chi connectivity index (χ2n) is 8.02. The Morgan fingerprint density at radius 2 is 1.81 bits per heavy atom. The van der Waals surface area contributed by atoms with E-state index in [1.165, 1.54) is 31.3 Å². The minimum Gasteiger partial charge on any atom is -0.444 e. The predicted octanol–water partition coefficient (Wildman–Crippen LogP) is 1.24. The maximum Gasteiger partial charge on any atom is 0.416 e. The number of likely N-dealkylation sites (N-methyl/N-ethyl adjacent to an activating group) is 1. The summed E-state index contributed by atoms with van der Waals surface area (Å²) in [5.41, 5.74) is 0.568. The highest BCUT2D eigenvalue weighted by atomic mass is 32.1. The Kier molecular flexibility index (Phi) is 7.56. The number of carbonyl (C=O) groups excluding carboxylic acids is 2. The highest BCUT2D eigenvalue weighted by molar-refractivity contribution is 7.81. The predicted molar refractivity (Wildman–Crippen MR) is 121 cm³/mol. The molecule has 174 valence electrons. The highest BCUT2D eigenvalue weighted by Crippen LogP contribution is 2.22. The van der Waals surface area contributed by atoms with E-state index in [9.17, 15) is 19.7 Å². The monoisotopic (exact) mass is 464 g/mol. The number of likely N-dealkylation sites (tertiary alicyclic amines) is 1. The minimum absolute atomic E-state index is 0.000736. The van der Waals surface area contributed by atoms with E-state index in [2.05, 4.69) is 12.6 Å². The summed E-state index contributed by atoms with van der Waals surface area (Å²) in [7, 11) is 3.39. The number of benzene rings is 1. The zero-order valence-corrected chi connectivity index (χ0v) is 19.0. The van der Waals surface area contributed by atoms with Crippen LogP contribution in [0.5, 0.6) is 0 Å². The molecule has 2 saturated heterocycles. The van der Waals surface area contributed by atoms with Crippen LogP contribution in [0, 0.1) is 15.5 Å². The van der Waals surface area contributed by atoms with Gasteiger partial charge in [0, 0.05) is 57.2 Å². The lowest BCUT2D eigenvalue weighted by Gasteiger charge is -2.39. The molecule has 0 aliphatic carbocycles. The molecule has 1 aromatic carbocycles. The van der Waals surface area contributed by atoms with Crippen LogP contribution in [0.4, 0.5) is 10.5 Å². The third kappa shape index (κ3) is 5.49. The first-order valence-electron chi connectivity index (χ1n) is 10.3. The summed E-state index contributed by atoms with van der Waals surface area (Å²) in [6, 6.07) is 5.57. The van der Waals surface area contributed by atoms with E-state index in [0.717, 1.165) is 17.9 Å².